The Labute approximate surface area is 201 Å². The Morgan fingerprint density at radius 3 is 2.59 bits per heavy atom. The third kappa shape index (κ3) is 4.29. The number of hydrogen-bond donors (Lipinski definition) is 1. The highest BCUT2D eigenvalue weighted by Gasteiger charge is 2.41. The minimum atomic E-state index is -0.361. The molecule has 182 valence electrons. The van der Waals surface area contributed by atoms with Gasteiger partial charge in [0.25, 0.3) is 0 Å². The van der Waals surface area contributed by atoms with Crippen LogP contribution in [0.3, 0.4) is 0 Å². The average Bonchev–Trinajstić information content (AvgIpc) is 2.86. The molecule has 6 rings (SSSR count). The zero-order chi connectivity index (χ0) is 23.9. The fraction of sp³-hybridized carbons (Fsp3) is 0.519. The summed E-state index contributed by atoms with van der Waals surface area (Å²) in [5.41, 5.74) is 2.46. The fourth-order valence-corrected chi connectivity index (χ4v) is 5.49. The molecule has 4 heterocycles. The molecule has 0 saturated carbocycles. The minimum Gasteiger partial charge on any atom is -0.497 e. The van der Waals surface area contributed by atoms with Gasteiger partial charge in [-0.05, 0) is 61.7 Å². The van der Waals surface area contributed by atoms with Gasteiger partial charge in [-0.1, -0.05) is 26.0 Å². The molecule has 2 unspecified atom stereocenters. The van der Waals surface area contributed by atoms with Gasteiger partial charge in [-0.3, -0.25) is 4.90 Å². The standard InChI is InChI=1S/C27H34N2O5/c1-27(2)16-33-23-13-20(18-6-5-7-19(12-18)31-3)22(32-4)14-21(23)25(27)28-26(30)34-24-15-29-10-8-17(24)9-11-29/h5-7,12-14,17,24-25H,8-11,15-16H2,1-4H3,(H,28,30). The second-order valence-corrected chi connectivity index (χ2v) is 10.3. The van der Waals surface area contributed by atoms with Gasteiger partial charge in [0.1, 0.15) is 23.4 Å². The number of rotatable bonds is 5. The van der Waals surface area contributed by atoms with Gasteiger partial charge in [-0.15, -0.1) is 0 Å². The van der Waals surface area contributed by atoms with Crippen LogP contribution in [0.1, 0.15) is 38.3 Å². The molecule has 4 aliphatic heterocycles. The number of piperidine rings is 3. The highest BCUT2D eigenvalue weighted by molar-refractivity contribution is 5.75. The van der Waals surface area contributed by atoms with E-state index in [1.807, 2.05) is 36.4 Å². The van der Waals surface area contributed by atoms with Crippen molar-refractivity contribution in [2.45, 2.75) is 38.8 Å². The zero-order valence-electron chi connectivity index (χ0n) is 20.4. The average molecular weight is 467 g/mol. The van der Waals surface area contributed by atoms with Crippen LogP contribution in [0.5, 0.6) is 17.2 Å². The number of nitrogens with one attached hydrogen (secondary N) is 1. The monoisotopic (exact) mass is 466 g/mol. The number of alkyl carbamates (subject to hydrolysis) is 1. The summed E-state index contributed by atoms with van der Waals surface area (Å²) in [7, 11) is 3.31. The molecule has 0 aromatic heterocycles. The molecule has 3 saturated heterocycles. The van der Waals surface area contributed by atoms with Gasteiger partial charge in [-0.2, -0.15) is 0 Å². The second kappa shape index (κ2) is 9.02. The normalized spacial score (nSPS) is 26.7. The molecule has 2 aromatic carbocycles. The minimum absolute atomic E-state index is 0.0325. The first-order chi connectivity index (χ1) is 16.4. The molecule has 2 aromatic rings. The van der Waals surface area contributed by atoms with E-state index in [0.717, 1.165) is 60.7 Å². The Morgan fingerprint density at radius 1 is 1.12 bits per heavy atom. The van der Waals surface area contributed by atoms with E-state index in [1.165, 1.54) is 0 Å². The summed E-state index contributed by atoms with van der Waals surface area (Å²) in [6.07, 6.45) is 1.82. The van der Waals surface area contributed by atoms with Crippen molar-refractivity contribution in [1.82, 2.24) is 10.2 Å². The van der Waals surface area contributed by atoms with Gasteiger partial charge in [0.15, 0.2) is 0 Å². The van der Waals surface area contributed by atoms with E-state index in [1.54, 1.807) is 14.2 Å². The molecule has 7 nitrogen and oxygen atoms in total. The van der Waals surface area contributed by atoms with Crippen LogP contribution in [0.4, 0.5) is 4.79 Å². The van der Waals surface area contributed by atoms with Crippen molar-refractivity contribution in [1.29, 1.82) is 0 Å². The topological polar surface area (TPSA) is 69.3 Å². The summed E-state index contributed by atoms with van der Waals surface area (Å²) in [6.45, 7) is 7.73. The van der Waals surface area contributed by atoms with Crippen LogP contribution in [0, 0.1) is 11.3 Å². The molecule has 34 heavy (non-hydrogen) atoms. The largest absolute Gasteiger partial charge is 0.497 e. The van der Waals surface area contributed by atoms with E-state index in [2.05, 4.69) is 24.1 Å². The van der Waals surface area contributed by atoms with Gasteiger partial charge in [0.05, 0.1) is 26.9 Å². The highest BCUT2D eigenvalue weighted by atomic mass is 16.6. The third-order valence-corrected chi connectivity index (χ3v) is 7.52. The van der Waals surface area contributed by atoms with Gasteiger partial charge >= 0.3 is 6.09 Å². The molecule has 1 N–H and O–H groups in total. The van der Waals surface area contributed by atoms with Gasteiger partial charge < -0.3 is 24.3 Å². The van der Waals surface area contributed by atoms with Crippen LogP contribution < -0.4 is 19.5 Å². The van der Waals surface area contributed by atoms with Crippen molar-refractivity contribution in [3.05, 3.63) is 42.0 Å². The molecule has 2 atom stereocenters. The first-order valence-corrected chi connectivity index (χ1v) is 12.1. The molecule has 0 aliphatic carbocycles. The zero-order valence-corrected chi connectivity index (χ0v) is 20.4. The summed E-state index contributed by atoms with van der Waals surface area (Å²) >= 11 is 0. The quantitative estimate of drug-likeness (QED) is 0.692. The molecule has 1 amide bonds. The molecule has 0 radical (unpaired) electrons. The Bertz CT molecular complexity index is 1060. The van der Waals surface area contributed by atoms with Crippen molar-refractivity contribution in [2.75, 3.05) is 40.5 Å². The maximum Gasteiger partial charge on any atom is 0.407 e. The Morgan fingerprint density at radius 2 is 1.91 bits per heavy atom. The Hall–Kier alpha value is -2.93. The maximum atomic E-state index is 13.0. The molecular formula is C27H34N2O5. The van der Waals surface area contributed by atoms with Crippen molar-refractivity contribution >= 4 is 6.09 Å². The molecule has 0 spiro atoms. The number of ether oxygens (including phenoxy) is 4. The molecule has 7 heteroatoms. The van der Waals surface area contributed by atoms with Crippen LogP contribution in [0.25, 0.3) is 11.1 Å². The number of amides is 1. The lowest BCUT2D eigenvalue weighted by Crippen LogP contribution is -2.53. The predicted molar refractivity (Wildman–Crippen MR) is 130 cm³/mol. The summed E-state index contributed by atoms with van der Waals surface area (Å²) in [6, 6.07) is 11.5. The SMILES string of the molecule is COc1cccc(-c2cc3c(cc2OC)C(NC(=O)OC2CN4CCC2CC4)C(C)(C)CO3)c1. The summed E-state index contributed by atoms with van der Waals surface area (Å²) in [5.74, 6) is 2.70. The number of carbonyl (C=O) groups excluding carboxylic acids is 1. The first kappa shape index (κ1) is 22.8. The lowest BCUT2D eigenvalue weighted by atomic mass is 9.78. The van der Waals surface area contributed by atoms with Gasteiger partial charge in [-0.25, -0.2) is 4.79 Å². The van der Waals surface area contributed by atoms with E-state index in [-0.39, 0.29) is 23.7 Å². The lowest BCUT2D eigenvalue weighted by molar-refractivity contribution is -0.0361. The second-order valence-electron chi connectivity index (χ2n) is 10.3. The summed E-state index contributed by atoms with van der Waals surface area (Å²) < 4.78 is 23.3. The third-order valence-electron chi connectivity index (χ3n) is 7.52. The molecule has 4 aliphatic rings. The van der Waals surface area contributed by atoms with E-state index in [0.29, 0.717) is 18.3 Å². The van der Waals surface area contributed by atoms with Crippen LogP contribution in [0.15, 0.2) is 36.4 Å². The molecule has 2 bridgehead atoms. The van der Waals surface area contributed by atoms with Crippen molar-refractivity contribution in [3.63, 3.8) is 0 Å². The van der Waals surface area contributed by atoms with Gasteiger partial charge in [0, 0.05) is 23.1 Å². The van der Waals surface area contributed by atoms with Crippen molar-refractivity contribution in [2.24, 2.45) is 11.3 Å². The number of nitrogens with zero attached hydrogens (tertiary/aromatic N) is 1. The smallest absolute Gasteiger partial charge is 0.407 e. The van der Waals surface area contributed by atoms with Crippen molar-refractivity contribution in [3.8, 4) is 28.4 Å². The first-order valence-electron chi connectivity index (χ1n) is 12.1. The van der Waals surface area contributed by atoms with E-state index < -0.39 is 0 Å². The number of carbonyl (C=O) groups is 1. The number of benzene rings is 2. The van der Waals surface area contributed by atoms with Gasteiger partial charge in [0.2, 0.25) is 0 Å². The van der Waals surface area contributed by atoms with Crippen LogP contribution in [-0.2, 0) is 4.74 Å². The van der Waals surface area contributed by atoms with E-state index in [9.17, 15) is 4.79 Å². The molecular weight excluding hydrogens is 432 g/mol. The van der Waals surface area contributed by atoms with Crippen LogP contribution in [0.2, 0.25) is 0 Å². The molecule has 3 fully saturated rings. The van der Waals surface area contributed by atoms with E-state index in [4.69, 9.17) is 18.9 Å². The Kier molecular flexibility index (Phi) is 6.06. The predicted octanol–water partition coefficient (Wildman–Crippen LogP) is 4.65. The van der Waals surface area contributed by atoms with Crippen LogP contribution >= 0.6 is 0 Å². The summed E-state index contributed by atoms with van der Waals surface area (Å²) in [5, 5.41) is 3.17. The summed E-state index contributed by atoms with van der Waals surface area (Å²) in [4.78, 5) is 15.4. The number of fused-ring (bicyclic) bond motifs is 4. The number of hydrogen-bond acceptors (Lipinski definition) is 6. The fourth-order valence-electron chi connectivity index (χ4n) is 5.49. The highest BCUT2D eigenvalue weighted by Crippen LogP contribution is 2.47. The van der Waals surface area contributed by atoms with Crippen molar-refractivity contribution < 1.29 is 23.7 Å². The van der Waals surface area contributed by atoms with E-state index >= 15 is 0 Å². The number of methoxy groups -OCH3 is 2. The lowest BCUT2D eigenvalue weighted by Gasteiger charge is -2.44. The van der Waals surface area contributed by atoms with Crippen LogP contribution in [-0.4, -0.2) is 57.6 Å². The Balaban J connectivity index is 1.42. The maximum absolute atomic E-state index is 13.0.